The molecule has 0 saturated carbocycles. The maximum Gasteiger partial charge on any atom is 0.350 e. The average Bonchev–Trinajstić information content (AvgIpc) is 2.73. The number of ether oxygens (including phenoxy) is 1. The number of benzene rings is 2. The van der Waals surface area contributed by atoms with E-state index in [9.17, 15) is 19.2 Å². The van der Waals surface area contributed by atoms with Crippen LogP contribution in [0, 0.1) is 17.1 Å². The van der Waals surface area contributed by atoms with Crippen molar-refractivity contribution in [3.63, 3.8) is 0 Å². The topological polar surface area (TPSA) is 89.0 Å². The molecule has 0 spiro atoms. The van der Waals surface area contributed by atoms with Crippen molar-refractivity contribution in [1.82, 2.24) is 9.24 Å². The van der Waals surface area contributed by atoms with Gasteiger partial charge in [0.15, 0.2) is 15.4 Å². The fourth-order valence-corrected chi connectivity index (χ4v) is 3.35. The molecule has 3 rings (SSSR count). The van der Waals surface area contributed by atoms with Gasteiger partial charge in [0.25, 0.3) is 5.56 Å². The zero-order valence-corrected chi connectivity index (χ0v) is 18.4. The first-order valence-corrected chi connectivity index (χ1v) is 10.1. The summed E-state index contributed by atoms with van der Waals surface area (Å²) in [5, 5.41) is 9.43. The van der Waals surface area contributed by atoms with Crippen molar-refractivity contribution in [2.45, 2.75) is 23.3 Å². The van der Waals surface area contributed by atoms with Crippen molar-refractivity contribution >= 4 is 45.7 Å². The molecule has 0 radical (unpaired) electrons. The maximum absolute atomic E-state index is 14.7. The summed E-state index contributed by atoms with van der Waals surface area (Å²) in [6, 6.07) is 11.9. The lowest BCUT2D eigenvalue weighted by Gasteiger charge is -2.18. The number of nitrogens with one attached hydrogen (secondary N) is 1. The normalized spacial score (nSPS) is 11.4. The van der Waals surface area contributed by atoms with Crippen molar-refractivity contribution in [3.05, 3.63) is 74.2 Å². The lowest BCUT2D eigenvalue weighted by molar-refractivity contribution is 0.386. The van der Waals surface area contributed by atoms with Crippen LogP contribution in [0.15, 0.2) is 46.0 Å². The van der Waals surface area contributed by atoms with Crippen LogP contribution >= 0.6 is 34.8 Å². The van der Waals surface area contributed by atoms with Gasteiger partial charge < -0.3 is 10.2 Å². The van der Waals surface area contributed by atoms with Gasteiger partial charge in [-0.15, -0.1) is 0 Å². The van der Waals surface area contributed by atoms with Gasteiger partial charge in [0.2, 0.25) is 0 Å². The van der Waals surface area contributed by atoms with Gasteiger partial charge in [-0.05, 0) is 11.6 Å². The fourth-order valence-electron chi connectivity index (χ4n) is 3.09. The minimum atomic E-state index is -1.71. The molecule has 2 aromatic carbocycles. The van der Waals surface area contributed by atoms with Crippen LogP contribution in [-0.4, -0.2) is 20.1 Å². The molecule has 0 aliphatic rings. The smallest absolute Gasteiger partial charge is 0.350 e. The zero-order chi connectivity index (χ0) is 22.8. The SMILES string of the molecule is COc1cc2c(=O)n(NCc3ccccc3)c(=O)n(CCC(Cl)(Cl)Cl)c2c(C#N)c1F. The average molecular weight is 486 g/mol. The molecule has 1 N–H and O–H groups in total. The van der Waals surface area contributed by atoms with E-state index in [0.29, 0.717) is 0 Å². The van der Waals surface area contributed by atoms with Crippen molar-refractivity contribution < 1.29 is 9.13 Å². The number of nitrogens with zero attached hydrogens (tertiary/aromatic N) is 3. The van der Waals surface area contributed by atoms with Gasteiger partial charge in [-0.25, -0.2) is 9.18 Å². The van der Waals surface area contributed by atoms with Gasteiger partial charge in [0.1, 0.15) is 11.6 Å². The van der Waals surface area contributed by atoms with Crippen LogP contribution in [0.3, 0.4) is 0 Å². The van der Waals surface area contributed by atoms with E-state index in [1.807, 2.05) is 30.3 Å². The molecule has 0 aliphatic heterocycles. The largest absolute Gasteiger partial charge is 0.494 e. The number of aryl methyl sites for hydroxylation is 1. The number of fused-ring (bicyclic) bond motifs is 1. The van der Waals surface area contributed by atoms with Crippen LogP contribution in [0.25, 0.3) is 10.9 Å². The Morgan fingerprint density at radius 3 is 2.48 bits per heavy atom. The predicted octanol–water partition coefficient (Wildman–Crippen LogP) is 3.69. The molecule has 1 aromatic heterocycles. The van der Waals surface area contributed by atoms with Gasteiger partial charge in [-0.3, -0.25) is 9.36 Å². The molecule has 0 bridgehead atoms. The molecular formula is C20H16Cl3FN4O3. The second-order valence-corrected chi connectivity index (χ2v) is 9.05. The molecule has 0 unspecified atom stereocenters. The van der Waals surface area contributed by atoms with Crippen LogP contribution in [0.1, 0.15) is 17.5 Å². The van der Waals surface area contributed by atoms with Crippen LogP contribution in [0.2, 0.25) is 0 Å². The molecule has 0 fully saturated rings. The third kappa shape index (κ3) is 4.79. The third-order valence-electron chi connectivity index (χ3n) is 4.56. The van der Waals surface area contributed by atoms with Crippen molar-refractivity contribution in [2.75, 3.05) is 12.5 Å². The second-order valence-electron chi connectivity index (χ2n) is 6.54. The van der Waals surface area contributed by atoms with Gasteiger partial charge in [0, 0.05) is 13.0 Å². The number of hydrogen-bond acceptors (Lipinski definition) is 5. The van der Waals surface area contributed by atoms with Gasteiger partial charge in [0.05, 0.1) is 24.6 Å². The summed E-state index contributed by atoms with van der Waals surface area (Å²) in [5.41, 5.74) is 1.29. The number of rotatable bonds is 6. The zero-order valence-electron chi connectivity index (χ0n) is 16.2. The highest BCUT2D eigenvalue weighted by atomic mass is 35.6. The van der Waals surface area contributed by atoms with E-state index in [1.165, 1.54) is 7.11 Å². The van der Waals surface area contributed by atoms with Gasteiger partial charge in [-0.1, -0.05) is 65.1 Å². The Bertz CT molecular complexity index is 1280. The summed E-state index contributed by atoms with van der Waals surface area (Å²) in [7, 11) is 1.20. The first kappa shape index (κ1) is 22.9. The fraction of sp³-hybridized carbons (Fsp3) is 0.250. The highest BCUT2D eigenvalue weighted by Crippen LogP contribution is 2.32. The summed E-state index contributed by atoms with van der Waals surface area (Å²) in [6.07, 6.45) is -0.123. The Morgan fingerprint density at radius 1 is 1.23 bits per heavy atom. The number of halogens is 4. The molecular weight excluding hydrogens is 470 g/mol. The van der Waals surface area contributed by atoms with Crippen LogP contribution in [0.4, 0.5) is 4.39 Å². The Kier molecular flexibility index (Phi) is 6.80. The quantitative estimate of drug-likeness (QED) is 0.538. The van der Waals surface area contributed by atoms with E-state index in [1.54, 1.807) is 6.07 Å². The maximum atomic E-state index is 14.7. The minimum Gasteiger partial charge on any atom is -0.494 e. The van der Waals surface area contributed by atoms with Gasteiger partial charge in [-0.2, -0.15) is 9.94 Å². The number of alkyl halides is 3. The summed E-state index contributed by atoms with van der Waals surface area (Å²) in [6.45, 7) is -0.0189. The Labute approximate surface area is 191 Å². The number of methoxy groups -OCH3 is 1. The summed E-state index contributed by atoms with van der Waals surface area (Å²) < 4.78 is 19.8. The number of nitriles is 1. The standard InChI is InChI=1S/C20H16Cl3FN4O3/c1-31-15-9-13-17(14(10-25)16(15)24)27(8-7-20(21,22)23)19(30)28(18(13)29)26-11-12-5-3-2-4-6-12/h2-6,9,26H,7-8,11H2,1H3. The van der Waals surface area contributed by atoms with Crippen LogP contribution < -0.4 is 21.4 Å². The van der Waals surface area contributed by atoms with E-state index in [0.717, 1.165) is 20.9 Å². The molecule has 0 atom stereocenters. The minimum absolute atomic E-state index is 0.0979. The highest BCUT2D eigenvalue weighted by Gasteiger charge is 2.25. The molecule has 0 amide bonds. The van der Waals surface area contributed by atoms with Gasteiger partial charge >= 0.3 is 5.69 Å². The first-order chi connectivity index (χ1) is 14.7. The molecule has 0 aliphatic carbocycles. The molecule has 3 aromatic rings. The Hall–Kier alpha value is -2.73. The first-order valence-electron chi connectivity index (χ1n) is 8.98. The Morgan fingerprint density at radius 2 is 1.90 bits per heavy atom. The van der Waals surface area contributed by atoms with Crippen LogP contribution in [0.5, 0.6) is 5.75 Å². The molecule has 1 heterocycles. The van der Waals surface area contributed by atoms with E-state index in [-0.39, 0.29) is 36.2 Å². The van der Waals surface area contributed by atoms with Crippen molar-refractivity contribution in [1.29, 1.82) is 5.26 Å². The summed E-state index contributed by atoms with van der Waals surface area (Å²) >= 11 is 17.5. The van der Waals surface area contributed by atoms with E-state index in [4.69, 9.17) is 39.5 Å². The predicted molar refractivity (Wildman–Crippen MR) is 118 cm³/mol. The molecule has 11 heteroatoms. The molecule has 31 heavy (non-hydrogen) atoms. The molecule has 7 nitrogen and oxygen atoms in total. The lowest BCUT2D eigenvalue weighted by atomic mass is 10.1. The number of hydrogen-bond donors (Lipinski definition) is 1. The van der Waals surface area contributed by atoms with E-state index in [2.05, 4.69) is 5.43 Å². The Balaban J connectivity index is 2.27. The monoisotopic (exact) mass is 484 g/mol. The van der Waals surface area contributed by atoms with Crippen LogP contribution in [-0.2, 0) is 13.1 Å². The van der Waals surface area contributed by atoms with Crippen molar-refractivity contribution in [3.8, 4) is 11.8 Å². The summed E-state index contributed by atoms with van der Waals surface area (Å²) in [4.78, 5) is 26.2. The molecule has 0 saturated heterocycles. The van der Waals surface area contributed by atoms with E-state index >= 15 is 0 Å². The van der Waals surface area contributed by atoms with Crippen molar-refractivity contribution in [2.24, 2.45) is 0 Å². The molecule has 162 valence electrons. The third-order valence-corrected chi connectivity index (χ3v) is 5.13. The lowest BCUT2D eigenvalue weighted by Crippen LogP contribution is -2.45. The summed E-state index contributed by atoms with van der Waals surface area (Å²) in [5.74, 6) is -1.30. The highest BCUT2D eigenvalue weighted by molar-refractivity contribution is 6.67. The second kappa shape index (κ2) is 9.18. The van der Waals surface area contributed by atoms with E-state index < -0.39 is 26.4 Å². The number of aromatic nitrogens is 2.